The van der Waals surface area contributed by atoms with E-state index in [0.29, 0.717) is 29.8 Å². The Morgan fingerprint density at radius 3 is 2.65 bits per heavy atom. The van der Waals surface area contributed by atoms with E-state index in [-0.39, 0.29) is 23.6 Å². The van der Waals surface area contributed by atoms with Crippen LogP contribution in [0, 0.1) is 18.6 Å². The number of aliphatic hydroxyl groups is 1. The summed E-state index contributed by atoms with van der Waals surface area (Å²) in [5, 5.41) is 19.4. The summed E-state index contributed by atoms with van der Waals surface area (Å²) in [4.78, 5) is 17.6. The summed E-state index contributed by atoms with van der Waals surface area (Å²) in [6.45, 7) is 1.82. The summed E-state index contributed by atoms with van der Waals surface area (Å²) < 4.78 is 28.2. The quantitative estimate of drug-likeness (QED) is 0.361. The molecule has 0 unspecified atom stereocenters. The van der Waals surface area contributed by atoms with Crippen molar-refractivity contribution >= 4 is 5.91 Å². The molecule has 0 spiro atoms. The van der Waals surface area contributed by atoms with Gasteiger partial charge < -0.3 is 10.4 Å². The van der Waals surface area contributed by atoms with Crippen molar-refractivity contribution in [3.63, 3.8) is 0 Å². The maximum Gasteiger partial charge on any atom is 0.252 e. The lowest BCUT2D eigenvalue weighted by atomic mass is 10.00. The Morgan fingerprint density at radius 2 is 1.91 bits per heavy atom. The van der Waals surface area contributed by atoms with Crippen LogP contribution in [0.1, 0.15) is 28.0 Å². The second kappa shape index (κ2) is 10.4. The van der Waals surface area contributed by atoms with E-state index in [4.69, 9.17) is 0 Å². The first-order valence-corrected chi connectivity index (χ1v) is 10.9. The molecule has 0 aliphatic heterocycles. The van der Waals surface area contributed by atoms with E-state index in [1.54, 1.807) is 24.4 Å². The van der Waals surface area contributed by atoms with Crippen LogP contribution in [0.5, 0.6) is 0 Å². The predicted octanol–water partition coefficient (Wildman–Crippen LogP) is 4.45. The number of pyridine rings is 1. The summed E-state index contributed by atoms with van der Waals surface area (Å²) >= 11 is 0. The Kier molecular flexibility index (Phi) is 7.08. The first-order chi connectivity index (χ1) is 16.5. The Labute approximate surface area is 195 Å². The molecule has 0 fully saturated rings. The number of amides is 1. The van der Waals surface area contributed by atoms with Gasteiger partial charge >= 0.3 is 0 Å². The van der Waals surface area contributed by atoms with Gasteiger partial charge in [0.25, 0.3) is 5.91 Å². The van der Waals surface area contributed by atoms with E-state index in [1.807, 2.05) is 19.1 Å². The Morgan fingerprint density at radius 1 is 1.12 bits per heavy atom. The van der Waals surface area contributed by atoms with E-state index in [2.05, 4.69) is 20.5 Å². The minimum atomic E-state index is -0.582. The molecule has 8 heteroatoms. The van der Waals surface area contributed by atoms with Crippen LogP contribution in [0.4, 0.5) is 8.78 Å². The van der Waals surface area contributed by atoms with Crippen molar-refractivity contribution in [3.8, 4) is 22.5 Å². The Hall–Kier alpha value is -3.91. The molecule has 4 rings (SSSR count). The molecule has 0 aliphatic rings. The number of benzene rings is 2. The zero-order valence-corrected chi connectivity index (χ0v) is 18.6. The van der Waals surface area contributed by atoms with Crippen molar-refractivity contribution in [3.05, 3.63) is 95.3 Å². The lowest BCUT2D eigenvalue weighted by Crippen LogP contribution is -2.37. The SMILES string of the molecule is Cc1cccnc1C[C@H](CCO)NC(=O)c1cccc(F)c1-c1cc(-c2ccc(F)cc2)n[nH]1. The van der Waals surface area contributed by atoms with Crippen LogP contribution in [0.3, 0.4) is 0 Å². The Bertz CT molecular complexity index is 1290. The molecule has 6 nitrogen and oxygen atoms in total. The van der Waals surface area contributed by atoms with Crippen molar-refractivity contribution in [2.24, 2.45) is 0 Å². The highest BCUT2D eigenvalue weighted by atomic mass is 19.1. The lowest BCUT2D eigenvalue weighted by molar-refractivity contribution is 0.0930. The first kappa shape index (κ1) is 23.3. The number of halogens is 2. The smallest absolute Gasteiger partial charge is 0.252 e. The minimum Gasteiger partial charge on any atom is -0.396 e. The fraction of sp³-hybridized carbons (Fsp3) is 0.192. The standard InChI is InChI=1S/C26H24F2N4O2/c1-16-4-3-12-29-22(16)14-19(11-13-33)30-26(34)20-5-2-6-21(28)25(20)24-15-23(31-32-24)17-7-9-18(27)10-8-17/h2-10,12,15,19,33H,11,13-14H2,1H3,(H,30,34)(H,31,32)/t19-/m0/s1. The molecular formula is C26H24F2N4O2. The van der Waals surface area contributed by atoms with E-state index in [0.717, 1.165) is 11.3 Å². The molecule has 3 N–H and O–H groups in total. The number of H-pyrrole nitrogens is 1. The molecular weight excluding hydrogens is 438 g/mol. The number of hydrogen-bond acceptors (Lipinski definition) is 4. The number of hydrogen-bond donors (Lipinski definition) is 3. The Balaban J connectivity index is 1.61. The number of rotatable bonds is 8. The molecule has 0 saturated carbocycles. The van der Waals surface area contributed by atoms with Crippen LogP contribution in [0.25, 0.3) is 22.5 Å². The van der Waals surface area contributed by atoms with E-state index < -0.39 is 17.8 Å². The van der Waals surface area contributed by atoms with Gasteiger partial charge in [0.1, 0.15) is 11.6 Å². The van der Waals surface area contributed by atoms with Gasteiger partial charge in [-0.1, -0.05) is 12.1 Å². The number of aliphatic hydroxyl groups excluding tert-OH is 1. The molecule has 0 aliphatic carbocycles. The number of carbonyl (C=O) groups excluding carboxylic acids is 1. The summed E-state index contributed by atoms with van der Waals surface area (Å²) in [5.74, 6) is -1.42. The van der Waals surface area contributed by atoms with Gasteiger partial charge in [0, 0.05) is 42.1 Å². The molecule has 0 bridgehead atoms. The van der Waals surface area contributed by atoms with Crippen LogP contribution < -0.4 is 5.32 Å². The van der Waals surface area contributed by atoms with Crippen LogP contribution in [0.2, 0.25) is 0 Å². The van der Waals surface area contributed by atoms with Gasteiger partial charge in [-0.05, 0) is 67.4 Å². The van der Waals surface area contributed by atoms with Crippen molar-refractivity contribution in [2.45, 2.75) is 25.8 Å². The first-order valence-electron chi connectivity index (χ1n) is 10.9. The van der Waals surface area contributed by atoms with E-state index >= 15 is 0 Å². The molecule has 2 aromatic carbocycles. The molecule has 0 radical (unpaired) electrons. The fourth-order valence-electron chi connectivity index (χ4n) is 3.82. The van der Waals surface area contributed by atoms with Crippen molar-refractivity contribution in [2.75, 3.05) is 6.61 Å². The molecule has 2 aromatic heterocycles. The number of nitrogens with one attached hydrogen (secondary N) is 2. The van der Waals surface area contributed by atoms with Crippen molar-refractivity contribution < 1.29 is 18.7 Å². The predicted molar refractivity (Wildman–Crippen MR) is 125 cm³/mol. The van der Waals surface area contributed by atoms with Gasteiger partial charge in [0.05, 0.1) is 17.0 Å². The second-order valence-electron chi connectivity index (χ2n) is 7.99. The number of aromatic nitrogens is 3. The van der Waals surface area contributed by atoms with Crippen LogP contribution >= 0.6 is 0 Å². The maximum atomic E-state index is 14.9. The third kappa shape index (κ3) is 5.18. The highest BCUT2D eigenvalue weighted by molar-refractivity contribution is 6.01. The zero-order chi connectivity index (χ0) is 24.1. The number of aryl methyl sites for hydroxylation is 1. The third-order valence-corrected chi connectivity index (χ3v) is 5.62. The topological polar surface area (TPSA) is 90.9 Å². The largest absolute Gasteiger partial charge is 0.396 e. The summed E-state index contributed by atoms with van der Waals surface area (Å²) in [5.41, 5.74) is 3.48. The van der Waals surface area contributed by atoms with Gasteiger partial charge in [-0.25, -0.2) is 8.78 Å². The molecule has 0 saturated heterocycles. The normalized spacial score (nSPS) is 11.9. The van der Waals surface area contributed by atoms with Crippen LogP contribution in [-0.2, 0) is 6.42 Å². The van der Waals surface area contributed by atoms with Crippen LogP contribution in [0.15, 0.2) is 66.9 Å². The van der Waals surface area contributed by atoms with Crippen molar-refractivity contribution in [1.82, 2.24) is 20.5 Å². The molecule has 2 heterocycles. The molecule has 4 aromatic rings. The average molecular weight is 463 g/mol. The zero-order valence-electron chi connectivity index (χ0n) is 18.6. The summed E-state index contributed by atoms with van der Waals surface area (Å²) in [6.07, 6.45) is 2.44. The molecule has 1 amide bonds. The molecule has 1 atom stereocenters. The number of aromatic amines is 1. The fourth-order valence-corrected chi connectivity index (χ4v) is 3.82. The van der Waals surface area contributed by atoms with E-state index in [9.17, 15) is 18.7 Å². The second-order valence-corrected chi connectivity index (χ2v) is 7.99. The van der Waals surface area contributed by atoms with Crippen molar-refractivity contribution in [1.29, 1.82) is 0 Å². The average Bonchev–Trinajstić information content (AvgIpc) is 3.30. The van der Waals surface area contributed by atoms with Gasteiger partial charge in [-0.2, -0.15) is 5.10 Å². The highest BCUT2D eigenvalue weighted by Crippen LogP contribution is 2.29. The highest BCUT2D eigenvalue weighted by Gasteiger charge is 2.22. The number of carbonyl (C=O) groups is 1. The van der Waals surface area contributed by atoms with Crippen LogP contribution in [-0.4, -0.2) is 38.8 Å². The van der Waals surface area contributed by atoms with Gasteiger partial charge in [-0.15, -0.1) is 0 Å². The monoisotopic (exact) mass is 462 g/mol. The van der Waals surface area contributed by atoms with Gasteiger partial charge in [0.15, 0.2) is 0 Å². The summed E-state index contributed by atoms with van der Waals surface area (Å²) in [6, 6.07) is 15.0. The molecule has 174 valence electrons. The lowest BCUT2D eigenvalue weighted by Gasteiger charge is -2.19. The van der Waals surface area contributed by atoms with Gasteiger partial charge in [-0.3, -0.25) is 14.9 Å². The minimum absolute atomic E-state index is 0.0811. The number of nitrogens with zero attached hydrogens (tertiary/aromatic N) is 2. The third-order valence-electron chi connectivity index (χ3n) is 5.62. The van der Waals surface area contributed by atoms with E-state index in [1.165, 1.54) is 30.3 Å². The molecule has 34 heavy (non-hydrogen) atoms. The maximum absolute atomic E-state index is 14.9. The van der Waals surface area contributed by atoms with Gasteiger partial charge in [0.2, 0.25) is 0 Å². The summed E-state index contributed by atoms with van der Waals surface area (Å²) in [7, 11) is 0.